The van der Waals surface area contributed by atoms with Crippen LogP contribution in [0.5, 0.6) is 5.75 Å². The zero-order valence-electron chi connectivity index (χ0n) is 12.8. The Bertz CT molecular complexity index is 908. The maximum absolute atomic E-state index is 12.0. The van der Waals surface area contributed by atoms with Crippen molar-refractivity contribution in [1.29, 1.82) is 5.26 Å². The summed E-state index contributed by atoms with van der Waals surface area (Å²) in [7, 11) is 0. The quantitative estimate of drug-likeness (QED) is 0.767. The van der Waals surface area contributed by atoms with Gasteiger partial charge in [-0.05, 0) is 31.2 Å². The van der Waals surface area contributed by atoms with Crippen molar-refractivity contribution < 1.29 is 13.9 Å². The highest BCUT2D eigenvalue weighted by molar-refractivity contribution is 7.14. The van der Waals surface area contributed by atoms with Gasteiger partial charge in [0.1, 0.15) is 23.3 Å². The highest BCUT2D eigenvalue weighted by Gasteiger charge is 2.11. The molecule has 0 radical (unpaired) electrons. The number of anilines is 1. The monoisotopic (exact) mass is 339 g/mol. The van der Waals surface area contributed by atoms with Crippen LogP contribution in [0.15, 0.2) is 46.2 Å². The van der Waals surface area contributed by atoms with Crippen LogP contribution in [0, 0.1) is 18.3 Å². The molecule has 1 N–H and O–H groups in total. The molecule has 2 aromatic heterocycles. The van der Waals surface area contributed by atoms with Crippen molar-refractivity contribution in [3.63, 3.8) is 0 Å². The number of benzene rings is 1. The molecule has 0 aliphatic heterocycles. The summed E-state index contributed by atoms with van der Waals surface area (Å²) in [4.78, 5) is 16.3. The van der Waals surface area contributed by atoms with Crippen LogP contribution in [0.1, 0.15) is 11.3 Å². The summed E-state index contributed by atoms with van der Waals surface area (Å²) in [6.07, 6.45) is 0. The highest BCUT2D eigenvalue weighted by atomic mass is 32.1. The Morgan fingerprint density at radius 1 is 1.38 bits per heavy atom. The fourth-order valence-corrected chi connectivity index (χ4v) is 2.72. The van der Waals surface area contributed by atoms with Crippen LogP contribution in [0.2, 0.25) is 0 Å². The summed E-state index contributed by atoms with van der Waals surface area (Å²) < 4.78 is 10.9. The van der Waals surface area contributed by atoms with Gasteiger partial charge in [-0.3, -0.25) is 10.1 Å². The molecule has 0 aliphatic carbocycles. The molecule has 1 aromatic carbocycles. The third-order valence-electron chi connectivity index (χ3n) is 3.11. The van der Waals surface area contributed by atoms with Gasteiger partial charge in [0.25, 0.3) is 5.91 Å². The van der Waals surface area contributed by atoms with Crippen molar-refractivity contribution in [2.75, 3.05) is 11.9 Å². The molecule has 0 fully saturated rings. The van der Waals surface area contributed by atoms with Crippen molar-refractivity contribution in [3.8, 4) is 23.3 Å². The van der Waals surface area contributed by atoms with Crippen molar-refractivity contribution in [1.82, 2.24) is 4.98 Å². The van der Waals surface area contributed by atoms with Gasteiger partial charge in [-0.25, -0.2) is 4.98 Å². The number of furan rings is 1. The van der Waals surface area contributed by atoms with Crippen LogP contribution in [0.25, 0.3) is 11.5 Å². The Morgan fingerprint density at radius 2 is 2.21 bits per heavy atom. The number of rotatable bonds is 5. The van der Waals surface area contributed by atoms with E-state index in [1.807, 2.05) is 25.1 Å². The van der Waals surface area contributed by atoms with E-state index in [1.165, 1.54) is 11.3 Å². The predicted octanol–water partition coefficient (Wildman–Crippen LogP) is 3.60. The summed E-state index contributed by atoms with van der Waals surface area (Å²) in [6, 6.07) is 12.5. The number of thiazole rings is 1. The van der Waals surface area contributed by atoms with Crippen molar-refractivity contribution in [2.24, 2.45) is 0 Å². The molecule has 3 aromatic rings. The third kappa shape index (κ3) is 3.62. The number of aryl methyl sites for hydroxylation is 1. The van der Waals surface area contributed by atoms with Gasteiger partial charge >= 0.3 is 0 Å². The van der Waals surface area contributed by atoms with Crippen LogP contribution in [0.3, 0.4) is 0 Å². The van der Waals surface area contributed by atoms with Gasteiger partial charge < -0.3 is 9.15 Å². The van der Waals surface area contributed by atoms with E-state index < -0.39 is 0 Å². The van der Waals surface area contributed by atoms with E-state index in [0.717, 1.165) is 5.76 Å². The predicted molar refractivity (Wildman–Crippen MR) is 89.8 cm³/mol. The van der Waals surface area contributed by atoms with Gasteiger partial charge in [0.05, 0.1) is 5.56 Å². The third-order valence-corrected chi connectivity index (χ3v) is 3.87. The molecule has 0 bridgehead atoms. The second-order valence-corrected chi connectivity index (χ2v) is 5.75. The molecule has 0 aliphatic rings. The lowest BCUT2D eigenvalue weighted by atomic mass is 10.2. The van der Waals surface area contributed by atoms with Gasteiger partial charge in [0.2, 0.25) is 0 Å². The number of hydrogen-bond donors (Lipinski definition) is 1. The number of carbonyl (C=O) groups is 1. The Hall–Kier alpha value is -3.11. The smallest absolute Gasteiger partial charge is 0.264 e. The Kier molecular flexibility index (Phi) is 4.59. The minimum Gasteiger partial charge on any atom is -0.482 e. The first-order valence-electron chi connectivity index (χ1n) is 7.10. The fraction of sp³-hybridized carbons (Fsp3) is 0.118. The molecule has 7 heteroatoms. The fourth-order valence-electron chi connectivity index (χ4n) is 2.00. The first kappa shape index (κ1) is 15.8. The number of ether oxygens (including phenoxy) is 1. The van der Waals surface area contributed by atoms with Gasteiger partial charge in [-0.15, -0.1) is 11.3 Å². The standard InChI is InChI=1S/C17H13N3O3S/c1-11-6-7-15(23-11)13-10-24-17(19-13)20-16(21)9-22-14-5-3-2-4-12(14)8-18/h2-7,10H,9H2,1H3,(H,19,20,21). The molecule has 24 heavy (non-hydrogen) atoms. The number of aromatic nitrogens is 1. The molecule has 2 heterocycles. The van der Waals surface area contributed by atoms with Crippen LogP contribution in [-0.4, -0.2) is 17.5 Å². The van der Waals surface area contributed by atoms with E-state index in [0.29, 0.717) is 27.9 Å². The van der Waals surface area contributed by atoms with E-state index in [9.17, 15) is 4.79 Å². The zero-order valence-corrected chi connectivity index (χ0v) is 13.6. The van der Waals surface area contributed by atoms with E-state index in [2.05, 4.69) is 10.3 Å². The van der Waals surface area contributed by atoms with E-state index in [1.54, 1.807) is 29.6 Å². The van der Waals surface area contributed by atoms with Crippen molar-refractivity contribution in [2.45, 2.75) is 6.92 Å². The number of hydrogen-bond acceptors (Lipinski definition) is 6. The largest absolute Gasteiger partial charge is 0.482 e. The Morgan fingerprint density at radius 3 is 2.96 bits per heavy atom. The molecule has 0 saturated carbocycles. The minimum absolute atomic E-state index is 0.201. The van der Waals surface area contributed by atoms with Crippen molar-refractivity contribution in [3.05, 3.63) is 53.1 Å². The van der Waals surface area contributed by atoms with E-state index >= 15 is 0 Å². The summed E-state index contributed by atoms with van der Waals surface area (Å²) in [5, 5.41) is 13.9. The summed E-state index contributed by atoms with van der Waals surface area (Å²) >= 11 is 1.30. The molecule has 0 unspecified atom stereocenters. The van der Waals surface area contributed by atoms with E-state index in [-0.39, 0.29) is 12.5 Å². The second-order valence-electron chi connectivity index (χ2n) is 4.89. The van der Waals surface area contributed by atoms with Gasteiger partial charge in [0.15, 0.2) is 17.5 Å². The van der Waals surface area contributed by atoms with Crippen LogP contribution in [-0.2, 0) is 4.79 Å². The average molecular weight is 339 g/mol. The van der Waals surface area contributed by atoms with Crippen LogP contribution < -0.4 is 10.1 Å². The molecular formula is C17H13N3O3S. The Labute approximate surface area is 142 Å². The van der Waals surface area contributed by atoms with E-state index in [4.69, 9.17) is 14.4 Å². The number of para-hydroxylation sites is 1. The molecular weight excluding hydrogens is 326 g/mol. The summed E-state index contributed by atoms with van der Waals surface area (Å²) in [5.74, 6) is 1.48. The lowest BCUT2D eigenvalue weighted by molar-refractivity contribution is -0.118. The topological polar surface area (TPSA) is 88.1 Å². The summed E-state index contributed by atoms with van der Waals surface area (Å²) in [6.45, 7) is 1.66. The molecule has 0 saturated heterocycles. The number of nitrogens with one attached hydrogen (secondary N) is 1. The first-order chi connectivity index (χ1) is 11.7. The van der Waals surface area contributed by atoms with Gasteiger partial charge in [-0.1, -0.05) is 12.1 Å². The molecule has 3 rings (SSSR count). The first-order valence-corrected chi connectivity index (χ1v) is 7.98. The van der Waals surface area contributed by atoms with Crippen molar-refractivity contribution >= 4 is 22.4 Å². The van der Waals surface area contributed by atoms with Crippen LogP contribution in [0.4, 0.5) is 5.13 Å². The molecule has 1 amide bonds. The number of nitrogens with zero attached hydrogens (tertiary/aromatic N) is 2. The molecule has 0 atom stereocenters. The lowest BCUT2D eigenvalue weighted by Crippen LogP contribution is -2.20. The maximum atomic E-state index is 12.0. The minimum atomic E-state index is -0.348. The van der Waals surface area contributed by atoms with Gasteiger partial charge in [-0.2, -0.15) is 5.26 Å². The molecule has 0 spiro atoms. The number of nitriles is 1. The average Bonchev–Trinajstić information content (AvgIpc) is 3.22. The number of carbonyl (C=O) groups excluding carboxylic acids is 1. The van der Waals surface area contributed by atoms with Crippen LogP contribution >= 0.6 is 11.3 Å². The lowest BCUT2D eigenvalue weighted by Gasteiger charge is -2.06. The highest BCUT2D eigenvalue weighted by Crippen LogP contribution is 2.26. The Balaban J connectivity index is 1.59. The molecule has 120 valence electrons. The summed E-state index contributed by atoms with van der Waals surface area (Å²) in [5.41, 5.74) is 1.05. The number of amides is 1. The second kappa shape index (κ2) is 6.98. The van der Waals surface area contributed by atoms with Gasteiger partial charge in [0, 0.05) is 5.38 Å². The zero-order chi connectivity index (χ0) is 16.9. The molecule has 6 nitrogen and oxygen atoms in total. The SMILES string of the molecule is Cc1ccc(-c2csc(NC(=O)COc3ccccc3C#N)n2)o1. The normalized spacial score (nSPS) is 10.2. The maximum Gasteiger partial charge on any atom is 0.264 e.